The predicted molar refractivity (Wildman–Crippen MR) is 237 cm³/mol. The first-order valence-electron chi connectivity index (χ1n) is 22.2. The molecular formula is C54H36N2. The Morgan fingerprint density at radius 1 is 0.286 bits per heavy atom. The van der Waals surface area contributed by atoms with E-state index in [0.29, 0.717) is 11.3 Å². The van der Waals surface area contributed by atoms with Crippen LogP contribution in [0.2, 0.25) is 0 Å². The number of hydrogen-bond donors (Lipinski definition) is 0. The zero-order chi connectivity index (χ0) is 43.1. The molecule has 0 aliphatic heterocycles. The van der Waals surface area contributed by atoms with E-state index in [4.69, 9.17) is 5.48 Å². The Labute approximate surface area is 335 Å². The fourth-order valence-electron chi connectivity index (χ4n) is 8.05. The fourth-order valence-corrected chi connectivity index (χ4v) is 8.05. The lowest BCUT2D eigenvalue weighted by atomic mass is 9.99. The predicted octanol–water partition coefficient (Wildman–Crippen LogP) is 14.5. The Hall–Kier alpha value is -7.42. The van der Waals surface area contributed by atoms with Gasteiger partial charge in [0.2, 0.25) is 0 Å². The molecule has 0 amide bonds. The Morgan fingerprint density at radius 3 is 1.48 bits per heavy atom. The minimum Gasteiger partial charge on any atom is -0.309 e. The molecule has 0 saturated carbocycles. The Balaban J connectivity index is 1.11. The lowest BCUT2D eigenvalue weighted by Gasteiger charge is -2.11. The summed E-state index contributed by atoms with van der Waals surface area (Å²) in [6, 6.07) is 56.9. The van der Waals surface area contributed by atoms with Gasteiger partial charge in [0.25, 0.3) is 0 Å². The molecule has 2 heteroatoms. The molecule has 0 radical (unpaired) electrons. The SMILES string of the molecule is [2H]c1c([2H])c([2H])c2c(c1[2H])c1c([2H])c(-c3ccc4c(c3)c3ccc(-c5ccccc5)cc3n4-c3ccccc3)c([2H])c([2H])c1n2-c1ccc(-c2ccc(-c3ccccc3)cc2)cc1. The third-order valence-electron chi connectivity index (χ3n) is 10.8. The lowest BCUT2D eigenvalue weighted by Crippen LogP contribution is -1.94. The van der Waals surface area contributed by atoms with E-state index in [1.807, 2.05) is 97.1 Å². The van der Waals surface area contributed by atoms with Crippen LogP contribution in [0, 0.1) is 0 Å². The highest BCUT2D eigenvalue weighted by Gasteiger charge is 2.17. The Kier molecular flexibility index (Phi) is 6.01. The third-order valence-corrected chi connectivity index (χ3v) is 10.8. The Bertz CT molecular complexity index is 3600. The maximum Gasteiger partial charge on any atom is 0.0645 e. The van der Waals surface area contributed by atoms with Gasteiger partial charge < -0.3 is 9.13 Å². The van der Waals surface area contributed by atoms with Crippen molar-refractivity contribution < 1.29 is 9.60 Å². The molecule has 0 fully saturated rings. The van der Waals surface area contributed by atoms with Crippen LogP contribution in [0.25, 0.3) is 99.5 Å². The van der Waals surface area contributed by atoms with E-state index < -0.39 is 12.1 Å². The second-order valence-electron chi connectivity index (χ2n) is 14.0. The van der Waals surface area contributed by atoms with Gasteiger partial charge in [0.15, 0.2) is 0 Å². The van der Waals surface area contributed by atoms with Gasteiger partial charge in [-0.15, -0.1) is 0 Å². The molecule has 9 aromatic carbocycles. The number of aromatic nitrogens is 2. The first-order chi connectivity index (χ1) is 30.7. The minimum atomic E-state index is -0.423. The van der Waals surface area contributed by atoms with E-state index in [1.54, 1.807) is 4.57 Å². The van der Waals surface area contributed by atoms with Crippen LogP contribution in [0.1, 0.15) is 9.60 Å². The molecule has 0 bridgehead atoms. The summed E-state index contributed by atoms with van der Waals surface area (Å²) in [6.45, 7) is 0. The summed E-state index contributed by atoms with van der Waals surface area (Å²) >= 11 is 0. The number of benzene rings is 9. The first-order valence-corrected chi connectivity index (χ1v) is 18.7. The smallest absolute Gasteiger partial charge is 0.0645 e. The molecule has 11 rings (SSSR count). The van der Waals surface area contributed by atoms with Gasteiger partial charge in [-0.05, 0) is 105 Å². The fraction of sp³-hybridized carbons (Fsp3) is 0. The van der Waals surface area contributed by atoms with Crippen LogP contribution in [-0.4, -0.2) is 9.13 Å². The molecule has 0 spiro atoms. The molecule has 56 heavy (non-hydrogen) atoms. The normalized spacial score (nSPS) is 13.3. The topological polar surface area (TPSA) is 9.86 Å². The largest absolute Gasteiger partial charge is 0.309 e. The van der Waals surface area contributed by atoms with Crippen molar-refractivity contribution in [3.8, 4) is 55.9 Å². The maximum absolute atomic E-state index is 9.85. The van der Waals surface area contributed by atoms with Gasteiger partial charge in [0, 0.05) is 32.9 Å². The van der Waals surface area contributed by atoms with Crippen molar-refractivity contribution in [3.05, 3.63) is 218 Å². The molecule has 0 aliphatic rings. The molecule has 0 unspecified atom stereocenters. The maximum atomic E-state index is 9.85. The number of nitrogens with zero attached hydrogens (tertiary/aromatic N) is 2. The van der Waals surface area contributed by atoms with Crippen molar-refractivity contribution in [1.82, 2.24) is 9.13 Å². The summed E-state index contributed by atoms with van der Waals surface area (Å²) in [6.07, 6.45) is 0. The van der Waals surface area contributed by atoms with Crippen LogP contribution < -0.4 is 0 Å². The van der Waals surface area contributed by atoms with Crippen LogP contribution in [0.4, 0.5) is 0 Å². The summed E-state index contributed by atoms with van der Waals surface area (Å²) in [7, 11) is 0. The van der Waals surface area contributed by atoms with Crippen LogP contribution in [0.15, 0.2) is 218 Å². The van der Waals surface area contributed by atoms with Crippen molar-refractivity contribution in [1.29, 1.82) is 0 Å². The van der Waals surface area contributed by atoms with E-state index in [9.17, 15) is 4.11 Å². The third kappa shape index (κ3) is 5.34. The van der Waals surface area contributed by atoms with Crippen LogP contribution in [0.5, 0.6) is 0 Å². The monoisotopic (exact) mass is 719 g/mol. The molecule has 2 heterocycles. The molecule has 262 valence electrons. The number of fused-ring (bicyclic) bond motifs is 6. The molecule has 2 nitrogen and oxygen atoms in total. The molecule has 11 aromatic rings. The second-order valence-corrected chi connectivity index (χ2v) is 14.0. The molecule has 0 N–H and O–H groups in total. The summed E-state index contributed by atoms with van der Waals surface area (Å²) in [5.74, 6) is 0. The van der Waals surface area contributed by atoms with E-state index in [2.05, 4.69) is 83.4 Å². The highest BCUT2D eigenvalue weighted by molar-refractivity contribution is 6.13. The lowest BCUT2D eigenvalue weighted by molar-refractivity contribution is 1.18. The number of hydrogen-bond acceptors (Lipinski definition) is 0. The summed E-state index contributed by atoms with van der Waals surface area (Å²) in [5.41, 5.74) is 10.9. The molecular weight excluding hydrogens is 677 g/mol. The van der Waals surface area contributed by atoms with Crippen molar-refractivity contribution in [2.75, 3.05) is 0 Å². The average Bonchev–Trinajstić information content (AvgIpc) is 3.87. The highest BCUT2D eigenvalue weighted by atomic mass is 15.0. The van der Waals surface area contributed by atoms with Crippen LogP contribution in [-0.2, 0) is 0 Å². The molecule has 0 saturated heterocycles. The Morgan fingerprint density at radius 2 is 0.786 bits per heavy atom. The van der Waals surface area contributed by atoms with Gasteiger partial charge in [-0.2, -0.15) is 0 Å². The minimum absolute atomic E-state index is 0.0765. The van der Waals surface area contributed by atoms with Crippen molar-refractivity contribution in [2.45, 2.75) is 0 Å². The van der Waals surface area contributed by atoms with Gasteiger partial charge in [-0.25, -0.2) is 0 Å². The molecule has 2 aromatic heterocycles. The zero-order valence-corrected chi connectivity index (χ0v) is 30.1. The molecule has 0 aliphatic carbocycles. The average molecular weight is 720 g/mol. The van der Waals surface area contributed by atoms with Crippen LogP contribution >= 0.6 is 0 Å². The van der Waals surface area contributed by atoms with E-state index in [-0.39, 0.29) is 57.6 Å². The van der Waals surface area contributed by atoms with E-state index in [0.717, 1.165) is 60.9 Å². The zero-order valence-electron chi connectivity index (χ0n) is 37.1. The second kappa shape index (κ2) is 13.2. The van der Waals surface area contributed by atoms with Gasteiger partial charge in [0.1, 0.15) is 0 Å². The standard InChI is InChI=1S/C54H36N2/c1-4-12-37(13-5-1)39-20-22-40(23-21-39)41-24-29-46(30-25-41)55-51-19-11-10-18-47(51)49-34-42(27-32-52(49)55)43-28-33-53-50(35-43)48-31-26-44(38-14-6-2-7-15-38)36-54(48)56(53)45-16-8-3-9-17-45/h1-36H/i10D,11D,18D,19D,27D,32D,34D. The summed E-state index contributed by atoms with van der Waals surface area (Å²) in [4.78, 5) is 0. The van der Waals surface area contributed by atoms with E-state index in [1.165, 1.54) is 0 Å². The van der Waals surface area contributed by atoms with Gasteiger partial charge in [-0.1, -0.05) is 158 Å². The van der Waals surface area contributed by atoms with Crippen molar-refractivity contribution in [3.63, 3.8) is 0 Å². The first kappa shape index (κ1) is 25.6. The van der Waals surface area contributed by atoms with Crippen molar-refractivity contribution >= 4 is 43.6 Å². The highest BCUT2D eigenvalue weighted by Crippen LogP contribution is 2.39. The number of rotatable bonds is 6. The van der Waals surface area contributed by atoms with Crippen molar-refractivity contribution in [2.24, 2.45) is 0 Å². The van der Waals surface area contributed by atoms with Gasteiger partial charge >= 0.3 is 0 Å². The van der Waals surface area contributed by atoms with Gasteiger partial charge in [-0.3, -0.25) is 0 Å². The summed E-state index contributed by atoms with van der Waals surface area (Å²) in [5, 5.41) is 2.25. The molecule has 0 atom stereocenters. The van der Waals surface area contributed by atoms with E-state index >= 15 is 0 Å². The number of para-hydroxylation sites is 2. The van der Waals surface area contributed by atoms with Crippen LogP contribution in [0.3, 0.4) is 0 Å². The van der Waals surface area contributed by atoms with Gasteiger partial charge in [0.05, 0.1) is 31.7 Å². The summed E-state index contributed by atoms with van der Waals surface area (Å²) < 4.78 is 68.6. The quantitative estimate of drug-likeness (QED) is 0.162.